The summed E-state index contributed by atoms with van der Waals surface area (Å²) >= 11 is 0. The molecule has 0 aliphatic heterocycles. The molecule has 0 aromatic rings. The van der Waals surface area contributed by atoms with E-state index in [1.807, 2.05) is 0 Å². The first-order valence-electron chi connectivity index (χ1n) is 2.77. The Morgan fingerprint density at radius 1 is 1.00 bits per heavy atom. The molecule has 5 nitrogen and oxygen atoms in total. The molecule has 0 heterocycles. The summed E-state index contributed by atoms with van der Waals surface area (Å²) in [6.07, 6.45) is 11.2. The normalized spacial score (nSPS) is 4.77. The van der Waals surface area contributed by atoms with Crippen LogP contribution in [-0.2, 0) is 14.3 Å². The minimum atomic E-state index is 0.310. The van der Waals surface area contributed by atoms with Crippen molar-refractivity contribution in [2.24, 2.45) is 0 Å². The molecule has 0 unspecified atom stereocenters. The lowest BCUT2D eigenvalue weighted by Gasteiger charge is -1.86. The Labute approximate surface area is 76.1 Å². The second-order valence-electron chi connectivity index (χ2n) is 1.11. The third kappa shape index (κ3) is 179. The zero-order valence-electron chi connectivity index (χ0n) is 6.79. The maximum Gasteiger partial charge on any atom is 0.231 e. The molecule has 0 aliphatic rings. The van der Waals surface area contributed by atoms with Crippen LogP contribution in [0.25, 0.3) is 0 Å². The molecule has 0 spiro atoms. The summed E-state index contributed by atoms with van der Waals surface area (Å²) in [6, 6.07) is 0. The molecule has 5 heteroatoms. The van der Waals surface area contributed by atoms with E-state index in [1.54, 1.807) is 0 Å². The topological polar surface area (TPSA) is 91.1 Å². The molecule has 0 fully saturated rings. The molecule has 0 atom stereocenters. The van der Waals surface area contributed by atoms with Crippen LogP contribution in [0.4, 0.5) is 0 Å². The van der Waals surface area contributed by atoms with Gasteiger partial charge in [-0.25, -0.2) is 20.4 Å². The molecule has 0 saturated heterocycles. The molecular formula is C8H8N2O3. The first-order valence-corrected chi connectivity index (χ1v) is 2.77. The van der Waals surface area contributed by atoms with E-state index >= 15 is 0 Å². The third-order valence-corrected chi connectivity index (χ3v) is 0.371. The number of carbonyl (C=O) groups excluding carboxylic acids is 2. The van der Waals surface area contributed by atoms with Gasteiger partial charge in [-0.2, -0.15) is 0 Å². The summed E-state index contributed by atoms with van der Waals surface area (Å²) in [7, 11) is 0. The first kappa shape index (κ1) is 17.1. The minimum Gasteiger partial charge on any atom is -0.356 e. The van der Waals surface area contributed by atoms with Crippen LogP contribution in [0.2, 0.25) is 0 Å². The lowest BCUT2D eigenvalue weighted by atomic mass is 10.7. The van der Waals surface area contributed by atoms with Gasteiger partial charge in [-0.15, -0.1) is 12.8 Å². The Bertz CT molecular complexity index is 209. The minimum absolute atomic E-state index is 0.310. The monoisotopic (exact) mass is 180 g/mol. The number of hydrogen-bond acceptors (Lipinski definition) is 5. The van der Waals surface area contributed by atoms with Crippen molar-refractivity contribution in [1.29, 1.82) is 10.8 Å². The number of rotatable bonds is 2. The SMILES string of the molecule is C#CCOCC#C.N=C=O.N=C=O. The molecule has 0 saturated carbocycles. The van der Waals surface area contributed by atoms with E-state index in [0.717, 1.165) is 12.2 Å². The van der Waals surface area contributed by atoms with E-state index in [0.29, 0.717) is 13.2 Å². The van der Waals surface area contributed by atoms with Crippen LogP contribution >= 0.6 is 0 Å². The van der Waals surface area contributed by atoms with E-state index in [2.05, 4.69) is 16.6 Å². The highest BCUT2D eigenvalue weighted by Crippen LogP contribution is 1.65. The summed E-state index contributed by atoms with van der Waals surface area (Å²) in [5.41, 5.74) is 0. The van der Waals surface area contributed by atoms with Crippen molar-refractivity contribution in [2.75, 3.05) is 13.2 Å². The van der Waals surface area contributed by atoms with Crippen LogP contribution in [0, 0.1) is 35.5 Å². The number of hydrogen-bond donors (Lipinski definition) is 2. The van der Waals surface area contributed by atoms with E-state index in [1.165, 1.54) is 0 Å². The Morgan fingerprint density at radius 3 is 1.38 bits per heavy atom. The Kier molecular flexibility index (Phi) is 43.1. The maximum absolute atomic E-state index is 8.35. The van der Waals surface area contributed by atoms with Gasteiger partial charge in [0, 0.05) is 0 Å². The van der Waals surface area contributed by atoms with Crippen molar-refractivity contribution in [1.82, 2.24) is 0 Å². The van der Waals surface area contributed by atoms with Crippen LogP contribution in [0.3, 0.4) is 0 Å². The van der Waals surface area contributed by atoms with Crippen molar-refractivity contribution in [3.05, 3.63) is 0 Å². The molecule has 0 aliphatic carbocycles. The Balaban J connectivity index is -0.000000140. The highest BCUT2D eigenvalue weighted by Gasteiger charge is 1.71. The van der Waals surface area contributed by atoms with Gasteiger partial charge < -0.3 is 4.74 Å². The third-order valence-electron chi connectivity index (χ3n) is 0.371. The van der Waals surface area contributed by atoms with Crippen molar-refractivity contribution in [3.8, 4) is 24.7 Å². The van der Waals surface area contributed by atoms with Gasteiger partial charge in [-0.3, -0.25) is 0 Å². The van der Waals surface area contributed by atoms with Gasteiger partial charge in [0.1, 0.15) is 13.2 Å². The molecule has 0 radical (unpaired) electrons. The lowest BCUT2D eigenvalue weighted by Crippen LogP contribution is -1.89. The molecule has 0 rings (SSSR count). The zero-order valence-corrected chi connectivity index (χ0v) is 6.79. The number of terminal acetylenes is 2. The largest absolute Gasteiger partial charge is 0.356 e. The van der Waals surface area contributed by atoms with Crippen LogP contribution in [0.15, 0.2) is 0 Å². The summed E-state index contributed by atoms with van der Waals surface area (Å²) in [6.45, 7) is 0.619. The molecule has 0 aromatic carbocycles. The van der Waals surface area contributed by atoms with Crippen LogP contribution < -0.4 is 0 Å². The van der Waals surface area contributed by atoms with Crippen LogP contribution in [0.1, 0.15) is 0 Å². The number of nitrogens with one attached hydrogen (secondary N) is 2. The zero-order chi connectivity index (χ0) is 10.9. The van der Waals surface area contributed by atoms with Crippen LogP contribution in [0.5, 0.6) is 0 Å². The highest BCUT2D eigenvalue weighted by atomic mass is 16.5. The second-order valence-corrected chi connectivity index (χ2v) is 1.11. The molecule has 0 aromatic heterocycles. The molecule has 0 bridgehead atoms. The van der Waals surface area contributed by atoms with E-state index in [9.17, 15) is 0 Å². The average Bonchev–Trinajstić information content (AvgIpc) is 2.08. The Morgan fingerprint density at radius 2 is 1.23 bits per heavy atom. The van der Waals surface area contributed by atoms with Gasteiger partial charge in [0.05, 0.1) is 0 Å². The summed E-state index contributed by atoms with van der Waals surface area (Å²) < 4.78 is 4.66. The average molecular weight is 180 g/mol. The second kappa shape index (κ2) is 32.8. The fourth-order valence-corrected chi connectivity index (χ4v) is 0.169. The lowest BCUT2D eigenvalue weighted by molar-refractivity contribution is 0.205. The first-order chi connectivity index (χ1) is 6.24. The van der Waals surface area contributed by atoms with Gasteiger partial charge in [-0.1, -0.05) is 11.8 Å². The molecule has 2 N–H and O–H groups in total. The fraction of sp³-hybridized carbons (Fsp3) is 0.250. The van der Waals surface area contributed by atoms with Crippen LogP contribution in [-0.4, -0.2) is 25.4 Å². The van der Waals surface area contributed by atoms with Crippen molar-refractivity contribution >= 4 is 12.2 Å². The molecule has 13 heavy (non-hydrogen) atoms. The van der Waals surface area contributed by atoms with Crippen molar-refractivity contribution in [2.45, 2.75) is 0 Å². The maximum atomic E-state index is 8.35. The van der Waals surface area contributed by atoms with Gasteiger partial charge >= 0.3 is 0 Å². The summed E-state index contributed by atoms with van der Waals surface area (Å²) in [4.78, 5) is 16.7. The van der Waals surface area contributed by atoms with Gasteiger partial charge in [0.2, 0.25) is 12.2 Å². The number of ether oxygens (including phenoxy) is 1. The van der Waals surface area contributed by atoms with E-state index in [4.69, 9.17) is 33.3 Å². The summed E-state index contributed by atoms with van der Waals surface area (Å²) in [5.74, 6) is 4.57. The van der Waals surface area contributed by atoms with Gasteiger partial charge in [0.15, 0.2) is 0 Å². The molecular weight excluding hydrogens is 172 g/mol. The van der Waals surface area contributed by atoms with Crippen molar-refractivity contribution in [3.63, 3.8) is 0 Å². The van der Waals surface area contributed by atoms with E-state index in [-0.39, 0.29) is 0 Å². The summed E-state index contributed by atoms with van der Waals surface area (Å²) in [5, 5.41) is 10.8. The number of isocyanates is 2. The van der Waals surface area contributed by atoms with Crippen molar-refractivity contribution < 1.29 is 14.3 Å². The Hall–Kier alpha value is -2.16. The predicted molar refractivity (Wildman–Crippen MR) is 45.3 cm³/mol. The molecule has 68 valence electrons. The van der Waals surface area contributed by atoms with E-state index < -0.39 is 0 Å². The van der Waals surface area contributed by atoms with Gasteiger partial charge in [0.25, 0.3) is 0 Å². The smallest absolute Gasteiger partial charge is 0.231 e. The highest BCUT2D eigenvalue weighted by molar-refractivity contribution is 5.26. The standard InChI is InChI=1S/C6H6O.2CHNO/c1-3-5-7-6-4-2;2*2-1-3/h1-2H,5-6H2;2*2H. The molecule has 0 amide bonds. The fourth-order valence-electron chi connectivity index (χ4n) is 0.169. The van der Waals surface area contributed by atoms with Gasteiger partial charge in [-0.05, 0) is 0 Å². The predicted octanol–water partition coefficient (Wildman–Crippen LogP) is 0.0713. The quantitative estimate of drug-likeness (QED) is 0.272.